The first-order chi connectivity index (χ1) is 13.5. The Morgan fingerprint density at radius 2 is 1.90 bits per heavy atom. The zero-order valence-corrected chi connectivity index (χ0v) is 17.7. The minimum atomic E-state index is -4.61. The van der Waals surface area contributed by atoms with Crippen LogP contribution >= 0.6 is 11.6 Å². The zero-order chi connectivity index (χ0) is 21.5. The summed E-state index contributed by atoms with van der Waals surface area (Å²) in [6, 6.07) is 0. The molecular formula is C19H25ClF3N5O. The molecule has 160 valence electrons. The van der Waals surface area contributed by atoms with E-state index in [9.17, 15) is 18.0 Å². The summed E-state index contributed by atoms with van der Waals surface area (Å²) in [5, 5.41) is 7.79. The summed E-state index contributed by atoms with van der Waals surface area (Å²) >= 11 is 5.98. The highest BCUT2D eigenvalue weighted by atomic mass is 35.5. The second-order valence-corrected chi connectivity index (χ2v) is 7.89. The Hall–Kier alpha value is -2.03. The second-order valence-electron chi connectivity index (χ2n) is 7.51. The van der Waals surface area contributed by atoms with Gasteiger partial charge in [-0.3, -0.25) is 14.2 Å². The molecule has 0 aromatic carbocycles. The van der Waals surface area contributed by atoms with Crippen molar-refractivity contribution in [3.63, 3.8) is 0 Å². The Labute approximate surface area is 172 Å². The molecule has 3 rings (SSSR count). The molecule has 0 spiro atoms. The van der Waals surface area contributed by atoms with Crippen LogP contribution in [-0.2, 0) is 30.6 Å². The minimum Gasteiger partial charge on any atom is -0.341 e. The molecule has 0 aliphatic heterocycles. The Morgan fingerprint density at radius 1 is 1.24 bits per heavy atom. The van der Waals surface area contributed by atoms with E-state index in [1.165, 1.54) is 4.68 Å². The number of nitrogens with zero attached hydrogens (tertiary/aromatic N) is 5. The lowest BCUT2D eigenvalue weighted by Crippen LogP contribution is -2.28. The predicted octanol–water partition coefficient (Wildman–Crippen LogP) is 4.31. The van der Waals surface area contributed by atoms with Crippen LogP contribution in [0.25, 0.3) is 0 Å². The number of hydrogen-bond donors (Lipinski definition) is 0. The summed E-state index contributed by atoms with van der Waals surface area (Å²) in [7, 11) is 1.68. The van der Waals surface area contributed by atoms with E-state index in [1.54, 1.807) is 11.9 Å². The Kier molecular flexibility index (Phi) is 5.98. The van der Waals surface area contributed by atoms with Crippen LogP contribution in [0.4, 0.5) is 13.2 Å². The fraction of sp³-hybridized carbons (Fsp3) is 0.632. The molecule has 2 aromatic rings. The topological polar surface area (TPSA) is 56.0 Å². The first-order valence-corrected chi connectivity index (χ1v) is 10.0. The lowest BCUT2D eigenvalue weighted by molar-refractivity contribution is -0.141. The van der Waals surface area contributed by atoms with Gasteiger partial charge in [0.25, 0.3) is 0 Å². The van der Waals surface area contributed by atoms with Crippen LogP contribution in [0.5, 0.6) is 0 Å². The van der Waals surface area contributed by atoms with Gasteiger partial charge >= 0.3 is 6.18 Å². The van der Waals surface area contributed by atoms with Gasteiger partial charge in [0, 0.05) is 43.7 Å². The van der Waals surface area contributed by atoms with E-state index < -0.39 is 11.9 Å². The molecule has 0 radical (unpaired) electrons. The fourth-order valence-corrected chi connectivity index (χ4v) is 3.94. The van der Waals surface area contributed by atoms with Gasteiger partial charge in [0.15, 0.2) is 5.69 Å². The molecule has 1 fully saturated rings. The number of carbonyl (C=O) groups is 1. The van der Waals surface area contributed by atoms with Crippen molar-refractivity contribution in [1.29, 1.82) is 0 Å². The Balaban J connectivity index is 1.70. The highest BCUT2D eigenvalue weighted by Crippen LogP contribution is 2.46. The van der Waals surface area contributed by atoms with Crippen molar-refractivity contribution in [3.05, 3.63) is 33.4 Å². The normalized spacial score (nSPS) is 14.5. The van der Waals surface area contributed by atoms with E-state index in [0.717, 1.165) is 36.3 Å². The summed E-state index contributed by atoms with van der Waals surface area (Å²) in [6.07, 6.45) is -2.99. The maximum Gasteiger partial charge on any atom is 0.436 e. The number of hydrogen-bond acceptors (Lipinski definition) is 3. The van der Waals surface area contributed by atoms with Gasteiger partial charge in [-0.25, -0.2) is 0 Å². The van der Waals surface area contributed by atoms with Crippen LogP contribution in [0.3, 0.4) is 0 Å². The molecule has 29 heavy (non-hydrogen) atoms. The van der Waals surface area contributed by atoms with Crippen molar-refractivity contribution in [2.24, 2.45) is 0 Å². The number of amides is 1. The number of rotatable bonds is 7. The average Bonchev–Trinajstić information content (AvgIpc) is 3.37. The van der Waals surface area contributed by atoms with Gasteiger partial charge in [-0.05, 0) is 33.6 Å². The van der Waals surface area contributed by atoms with Gasteiger partial charge in [0.2, 0.25) is 5.91 Å². The van der Waals surface area contributed by atoms with Crippen molar-refractivity contribution in [1.82, 2.24) is 24.5 Å². The second kappa shape index (κ2) is 8.01. The highest BCUT2D eigenvalue weighted by molar-refractivity contribution is 6.32. The van der Waals surface area contributed by atoms with Crippen LogP contribution in [0.2, 0.25) is 5.02 Å². The summed E-state index contributed by atoms with van der Waals surface area (Å²) in [4.78, 5) is 14.2. The summed E-state index contributed by atoms with van der Waals surface area (Å²) in [5.74, 6) is -0.181. The van der Waals surface area contributed by atoms with Gasteiger partial charge in [-0.2, -0.15) is 23.4 Å². The number of carbonyl (C=O) groups excluding carboxylic acids is 1. The standard InChI is InChI=1S/C19H25ClF3N5O/c1-5-27-12(3)14(11(2)24-27)10-26(4)15(29)8-9-28-17(13-6-7-13)16(20)18(25-28)19(21,22)23/h13H,5-10H2,1-4H3. The largest absolute Gasteiger partial charge is 0.436 e. The molecule has 0 atom stereocenters. The maximum atomic E-state index is 13.2. The summed E-state index contributed by atoms with van der Waals surface area (Å²) < 4.78 is 42.6. The number of aromatic nitrogens is 4. The molecule has 0 N–H and O–H groups in total. The molecular weight excluding hydrogens is 407 g/mol. The number of halogens is 4. The third-order valence-corrected chi connectivity index (χ3v) is 5.73. The SMILES string of the molecule is CCn1nc(C)c(CN(C)C(=O)CCn2nc(C(F)(F)F)c(Cl)c2C2CC2)c1C. The van der Waals surface area contributed by atoms with Crippen molar-refractivity contribution in [3.8, 4) is 0 Å². The first-order valence-electron chi connectivity index (χ1n) is 9.64. The molecule has 1 saturated carbocycles. The number of alkyl halides is 3. The third-order valence-electron chi connectivity index (χ3n) is 5.35. The average molecular weight is 432 g/mol. The summed E-state index contributed by atoms with van der Waals surface area (Å²) in [5.41, 5.74) is 2.19. The third kappa shape index (κ3) is 4.44. The molecule has 0 unspecified atom stereocenters. The van der Waals surface area contributed by atoms with Gasteiger partial charge in [-0.15, -0.1) is 0 Å². The van der Waals surface area contributed by atoms with Gasteiger partial charge < -0.3 is 4.90 Å². The van der Waals surface area contributed by atoms with Crippen molar-refractivity contribution in [2.75, 3.05) is 7.05 Å². The maximum absolute atomic E-state index is 13.2. The van der Waals surface area contributed by atoms with Crippen LogP contribution in [0.1, 0.15) is 60.4 Å². The monoisotopic (exact) mass is 431 g/mol. The van der Waals surface area contributed by atoms with E-state index in [1.807, 2.05) is 25.5 Å². The van der Waals surface area contributed by atoms with E-state index in [0.29, 0.717) is 12.2 Å². The lowest BCUT2D eigenvalue weighted by atomic mass is 10.2. The van der Waals surface area contributed by atoms with Crippen LogP contribution < -0.4 is 0 Å². The molecule has 0 saturated heterocycles. The molecule has 1 amide bonds. The van der Waals surface area contributed by atoms with E-state index in [-0.39, 0.29) is 29.8 Å². The number of aryl methyl sites for hydroxylation is 3. The van der Waals surface area contributed by atoms with Crippen molar-refractivity contribution >= 4 is 17.5 Å². The molecule has 1 aliphatic carbocycles. The minimum absolute atomic E-state index is 0.0101. The highest BCUT2D eigenvalue weighted by Gasteiger charge is 2.42. The van der Waals surface area contributed by atoms with Gasteiger partial charge in [0.1, 0.15) is 0 Å². The van der Waals surface area contributed by atoms with Crippen LogP contribution in [0.15, 0.2) is 0 Å². The zero-order valence-electron chi connectivity index (χ0n) is 17.0. The van der Waals surface area contributed by atoms with E-state index in [4.69, 9.17) is 11.6 Å². The van der Waals surface area contributed by atoms with Gasteiger partial charge in [-0.1, -0.05) is 11.6 Å². The molecule has 6 nitrogen and oxygen atoms in total. The first kappa shape index (κ1) is 21.7. The fourth-order valence-electron chi connectivity index (χ4n) is 3.54. The molecule has 1 aliphatic rings. The Morgan fingerprint density at radius 3 is 2.41 bits per heavy atom. The van der Waals surface area contributed by atoms with E-state index >= 15 is 0 Å². The molecule has 10 heteroatoms. The van der Waals surface area contributed by atoms with E-state index in [2.05, 4.69) is 10.2 Å². The summed E-state index contributed by atoms with van der Waals surface area (Å²) in [6.45, 7) is 7.08. The molecule has 0 bridgehead atoms. The predicted molar refractivity (Wildman–Crippen MR) is 103 cm³/mol. The quantitative estimate of drug-likeness (QED) is 0.656. The lowest BCUT2D eigenvalue weighted by Gasteiger charge is -2.18. The Bertz CT molecular complexity index is 914. The van der Waals surface area contributed by atoms with Crippen LogP contribution in [0, 0.1) is 13.8 Å². The van der Waals surface area contributed by atoms with Gasteiger partial charge in [0.05, 0.1) is 23.0 Å². The van der Waals surface area contributed by atoms with Crippen molar-refractivity contribution < 1.29 is 18.0 Å². The smallest absolute Gasteiger partial charge is 0.341 e. The molecule has 2 aromatic heterocycles. The molecule has 2 heterocycles. The van der Waals surface area contributed by atoms with Crippen molar-refractivity contribution in [2.45, 2.75) is 71.8 Å². The van der Waals surface area contributed by atoms with Crippen LogP contribution in [-0.4, -0.2) is 37.4 Å².